The second kappa shape index (κ2) is 7.27. The molecule has 0 saturated carbocycles. The first-order chi connectivity index (χ1) is 9.70. The van der Waals surface area contributed by atoms with Crippen LogP contribution < -0.4 is 10.6 Å². The van der Waals surface area contributed by atoms with Gasteiger partial charge < -0.3 is 10.6 Å². The Labute approximate surface area is 125 Å². The van der Waals surface area contributed by atoms with Crippen LogP contribution >= 0.6 is 11.6 Å². The van der Waals surface area contributed by atoms with Gasteiger partial charge in [-0.2, -0.15) is 0 Å². The third-order valence-electron chi connectivity index (χ3n) is 3.36. The molecule has 3 nitrogen and oxygen atoms in total. The van der Waals surface area contributed by atoms with Gasteiger partial charge in [0.1, 0.15) is 0 Å². The SMILES string of the molecule is CN(CCc1ccncc1)c1cc(Cl)ccc1CCN. The number of benzene rings is 1. The summed E-state index contributed by atoms with van der Waals surface area (Å²) in [7, 11) is 2.09. The molecule has 0 aliphatic rings. The number of hydrogen-bond acceptors (Lipinski definition) is 3. The number of rotatable bonds is 6. The van der Waals surface area contributed by atoms with Crippen molar-refractivity contribution >= 4 is 17.3 Å². The molecular formula is C16H20ClN3. The summed E-state index contributed by atoms with van der Waals surface area (Å²) in [4.78, 5) is 6.27. The van der Waals surface area contributed by atoms with E-state index in [0.29, 0.717) is 6.54 Å². The van der Waals surface area contributed by atoms with Gasteiger partial charge in [0, 0.05) is 36.7 Å². The van der Waals surface area contributed by atoms with Gasteiger partial charge in [-0.05, 0) is 54.8 Å². The Hall–Kier alpha value is -1.58. The fraction of sp³-hybridized carbons (Fsp3) is 0.312. The fourth-order valence-corrected chi connectivity index (χ4v) is 2.39. The molecule has 20 heavy (non-hydrogen) atoms. The molecule has 2 aromatic rings. The zero-order chi connectivity index (χ0) is 14.4. The number of anilines is 1. The van der Waals surface area contributed by atoms with E-state index in [2.05, 4.69) is 23.0 Å². The lowest BCUT2D eigenvalue weighted by Gasteiger charge is -2.23. The van der Waals surface area contributed by atoms with E-state index in [1.54, 1.807) is 0 Å². The van der Waals surface area contributed by atoms with Gasteiger partial charge >= 0.3 is 0 Å². The van der Waals surface area contributed by atoms with Crippen LogP contribution in [0.5, 0.6) is 0 Å². The lowest BCUT2D eigenvalue weighted by Crippen LogP contribution is -2.22. The van der Waals surface area contributed by atoms with E-state index in [-0.39, 0.29) is 0 Å². The molecule has 0 unspecified atom stereocenters. The Morgan fingerprint density at radius 3 is 2.60 bits per heavy atom. The monoisotopic (exact) mass is 289 g/mol. The maximum Gasteiger partial charge on any atom is 0.0426 e. The number of nitrogens with two attached hydrogens (primary N) is 1. The zero-order valence-corrected chi connectivity index (χ0v) is 12.5. The van der Waals surface area contributed by atoms with Crippen molar-refractivity contribution in [1.82, 2.24) is 4.98 Å². The van der Waals surface area contributed by atoms with Crippen LogP contribution in [0, 0.1) is 0 Å². The van der Waals surface area contributed by atoms with Crippen molar-refractivity contribution in [2.75, 3.05) is 25.0 Å². The summed E-state index contributed by atoms with van der Waals surface area (Å²) in [5.41, 5.74) is 9.37. The molecule has 1 heterocycles. The van der Waals surface area contributed by atoms with Gasteiger partial charge in [0.25, 0.3) is 0 Å². The molecule has 0 bridgehead atoms. The lowest BCUT2D eigenvalue weighted by atomic mass is 10.1. The molecule has 1 aromatic heterocycles. The van der Waals surface area contributed by atoms with Gasteiger partial charge in [-0.1, -0.05) is 17.7 Å². The molecule has 106 valence electrons. The summed E-state index contributed by atoms with van der Waals surface area (Å²) < 4.78 is 0. The van der Waals surface area contributed by atoms with Crippen LogP contribution in [0.15, 0.2) is 42.7 Å². The second-order valence-electron chi connectivity index (χ2n) is 4.84. The highest BCUT2D eigenvalue weighted by Crippen LogP contribution is 2.24. The van der Waals surface area contributed by atoms with Gasteiger partial charge in [0.15, 0.2) is 0 Å². The summed E-state index contributed by atoms with van der Waals surface area (Å²) in [6, 6.07) is 10.1. The van der Waals surface area contributed by atoms with Gasteiger partial charge in [-0.15, -0.1) is 0 Å². The molecule has 2 N–H and O–H groups in total. The van der Waals surface area contributed by atoms with E-state index in [4.69, 9.17) is 17.3 Å². The minimum atomic E-state index is 0.646. The van der Waals surface area contributed by atoms with Crippen LogP contribution in [0.3, 0.4) is 0 Å². The smallest absolute Gasteiger partial charge is 0.0426 e. The van der Waals surface area contributed by atoms with Gasteiger partial charge in [0.05, 0.1) is 0 Å². The maximum absolute atomic E-state index is 6.11. The number of pyridine rings is 1. The number of likely N-dealkylation sites (N-methyl/N-ethyl adjacent to an activating group) is 1. The standard InChI is InChI=1S/C16H20ClN3/c1-20(11-7-13-5-9-19-10-6-13)16-12-15(17)3-2-14(16)4-8-18/h2-3,5-6,9-10,12H,4,7-8,11,18H2,1H3. The number of halogens is 1. The molecule has 1 aromatic carbocycles. The minimum Gasteiger partial charge on any atom is -0.374 e. The molecule has 0 aliphatic heterocycles. The predicted octanol–water partition coefficient (Wildman–Crippen LogP) is 2.92. The molecule has 0 amide bonds. The van der Waals surface area contributed by atoms with E-state index < -0.39 is 0 Å². The third kappa shape index (κ3) is 3.95. The van der Waals surface area contributed by atoms with Crippen molar-refractivity contribution in [2.24, 2.45) is 5.73 Å². The van der Waals surface area contributed by atoms with Crippen molar-refractivity contribution in [2.45, 2.75) is 12.8 Å². The molecule has 4 heteroatoms. The van der Waals surface area contributed by atoms with E-state index >= 15 is 0 Å². The number of aromatic nitrogens is 1. The van der Waals surface area contributed by atoms with Crippen molar-refractivity contribution in [1.29, 1.82) is 0 Å². The molecule has 0 atom stereocenters. The summed E-state index contributed by atoms with van der Waals surface area (Å²) in [6.07, 6.45) is 5.50. The molecule has 0 aliphatic carbocycles. The Bertz CT molecular complexity index is 543. The Morgan fingerprint density at radius 2 is 1.90 bits per heavy atom. The summed E-state index contributed by atoms with van der Waals surface area (Å²) in [6.45, 7) is 1.58. The quantitative estimate of drug-likeness (QED) is 0.889. The van der Waals surface area contributed by atoms with Crippen molar-refractivity contribution in [3.05, 3.63) is 58.9 Å². The van der Waals surface area contributed by atoms with Crippen LogP contribution in [0.25, 0.3) is 0 Å². The minimum absolute atomic E-state index is 0.646. The third-order valence-corrected chi connectivity index (χ3v) is 3.59. The summed E-state index contributed by atoms with van der Waals surface area (Å²) in [5.74, 6) is 0. The van der Waals surface area contributed by atoms with Gasteiger partial charge in [-0.3, -0.25) is 4.98 Å². The van der Waals surface area contributed by atoms with Gasteiger partial charge in [0.2, 0.25) is 0 Å². The lowest BCUT2D eigenvalue weighted by molar-refractivity contribution is 0.859. The first-order valence-electron chi connectivity index (χ1n) is 6.79. The van der Waals surface area contributed by atoms with Crippen molar-refractivity contribution < 1.29 is 0 Å². The highest BCUT2D eigenvalue weighted by Gasteiger charge is 2.08. The van der Waals surface area contributed by atoms with Crippen LogP contribution in [0.2, 0.25) is 5.02 Å². The number of nitrogens with zero attached hydrogens (tertiary/aromatic N) is 2. The molecular weight excluding hydrogens is 270 g/mol. The van der Waals surface area contributed by atoms with Gasteiger partial charge in [-0.25, -0.2) is 0 Å². The topological polar surface area (TPSA) is 42.2 Å². The highest BCUT2D eigenvalue weighted by molar-refractivity contribution is 6.30. The zero-order valence-electron chi connectivity index (χ0n) is 11.7. The molecule has 0 fully saturated rings. The fourth-order valence-electron chi connectivity index (χ4n) is 2.23. The van der Waals surface area contributed by atoms with Crippen LogP contribution in [-0.2, 0) is 12.8 Å². The predicted molar refractivity (Wildman–Crippen MR) is 85.4 cm³/mol. The van der Waals surface area contributed by atoms with Crippen molar-refractivity contribution in [3.63, 3.8) is 0 Å². The van der Waals surface area contributed by atoms with E-state index in [1.807, 2.05) is 36.7 Å². The summed E-state index contributed by atoms with van der Waals surface area (Å²) >= 11 is 6.11. The van der Waals surface area contributed by atoms with Crippen LogP contribution in [0.1, 0.15) is 11.1 Å². The van der Waals surface area contributed by atoms with E-state index in [9.17, 15) is 0 Å². The second-order valence-corrected chi connectivity index (χ2v) is 5.28. The molecule has 0 radical (unpaired) electrons. The largest absolute Gasteiger partial charge is 0.374 e. The Kier molecular flexibility index (Phi) is 5.39. The Balaban J connectivity index is 2.08. The van der Waals surface area contributed by atoms with E-state index in [1.165, 1.54) is 11.1 Å². The normalized spacial score (nSPS) is 10.6. The van der Waals surface area contributed by atoms with Crippen LogP contribution in [0.4, 0.5) is 5.69 Å². The first kappa shape index (κ1) is 14.8. The molecule has 0 spiro atoms. The molecule has 2 rings (SSSR count). The van der Waals surface area contributed by atoms with Crippen LogP contribution in [-0.4, -0.2) is 25.1 Å². The van der Waals surface area contributed by atoms with Crippen molar-refractivity contribution in [3.8, 4) is 0 Å². The van der Waals surface area contributed by atoms with E-state index in [0.717, 1.165) is 30.1 Å². The maximum atomic E-state index is 6.11. The number of hydrogen-bond donors (Lipinski definition) is 1. The average Bonchev–Trinajstić information content (AvgIpc) is 2.48. The summed E-state index contributed by atoms with van der Waals surface area (Å²) in [5, 5.41) is 0.761. The Morgan fingerprint density at radius 1 is 1.15 bits per heavy atom. The first-order valence-corrected chi connectivity index (χ1v) is 7.17. The highest BCUT2D eigenvalue weighted by atomic mass is 35.5. The average molecular weight is 290 g/mol. The molecule has 0 saturated heterocycles.